The first-order chi connectivity index (χ1) is 8.83. The molecule has 0 bridgehead atoms. The Kier molecular flexibility index (Phi) is 2.83. The molecule has 0 N–H and O–H groups in total. The lowest BCUT2D eigenvalue weighted by Gasteiger charge is -2.05. The second-order valence-corrected chi connectivity index (χ2v) is 5.02. The Labute approximate surface area is 109 Å². The molecule has 0 aliphatic heterocycles. The van der Waals surface area contributed by atoms with E-state index >= 15 is 0 Å². The third kappa shape index (κ3) is 1.71. The number of rotatable bonds is 3. The van der Waals surface area contributed by atoms with Gasteiger partial charge in [-0.1, -0.05) is 19.9 Å². The van der Waals surface area contributed by atoms with Gasteiger partial charge in [0.05, 0.1) is 10.6 Å². The van der Waals surface area contributed by atoms with Crippen molar-refractivity contribution in [1.29, 1.82) is 0 Å². The molecule has 3 aromatic heterocycles. The van der Waals surface area contributed by atoms with Crippen molar-refractivity contribution < 1.29 is 0 Å². The van der Waals surface area contributed by atoms with Crippen molar-refractivity contribution in [1.82, 2.24) is 19.6 Å². The molecule has 3 aromatic rings. The average molecular weight is 258 g/mol. The Morgan fingerprint density at radius 1 is 1.22 bits per heavy atom. The van der Waals surface area contributed by atoms with Crippen molar-refractivity contribution in [2.45, 2.75) is 26.7 Å². The number of fused-ring (bicyclic) bond motifs is 1. The predicted molar refractivity (Wildman–Crippen MR) is 72.9 cm³/mol. The largest absolute Gasteiger partial charge is 0.284 e. The molecule has 3 heterocycles. The molecule has 0 amide bonds. The Balaban J connectivity index is 2.23. The van der Waals surface area contributed by atoms with E-state index in [-0.39, 0.29) is 0 Å². The van der Waals surface area contributed by atoms with Crippen molar-refractivity contribution >= 4 is 17.1 Å². The SMILES string of the molecule is CCc1nnc2nc(-c3cccs3)cn2c1CC. The molecule has 0 radical (unpaired) electrons. The van der Waals surface area contributed by atoms with Crippen LogP contribution in [0.1, 0.15) is 25.2 Å². The molecule has 18 heavy (non-hydrogen) atoms. The van der Waals surface area contributed by atoms with Gasteiger partial charge in [-0.15, -0.1) is 16.4 Å². The molecule has 5 heteroatoms. The van der Waals surface area contributed by atoms with Gasteiger partial charge in [0.15, 0.2) is 0 Å². The lowest BCUT2D eigenvalue weighted by molar-refractivity contribution is 0.812. The van der Waals surface area contributed by atoms with E-state index < -0.39 is 0 Å². The summed E-state index contributed by atoms with van der Waals surface area (Å²) in [6, 6.07) is 4.11. The molecule has 0 spiro atoms. The summed E-state index contributed by atoms with van der Waals surface area (Å²) in [7, 11) is 0. The Bertz CT molecular complexity index is 670. The maximum atomic E-state index is 4.54. The summed E-state index contributed by atoms with van der Waals surface area (Å²) in [6.45, 7) is 4.24. The van der Waals surface area contributed by atoms with Crippen LogP contribution >= 0.6 is 11.3 Å². The topological polar surface area (TPSA) is 43.1 Å². The highest BCUT2D eigenvalue weighted by atomic mass is 32.1. The number of aromatic nitrogens is 4. The van der Waals surface area contributed by atoms with Gasteiger partial charge in [0.25, 0.3) is 5.78 Å². The van der Waals surface area contributed by atoms with Crippen LogP contribution in [-0.4, -0.2) is 19.6 Å². The summed E-state index contributed by atoms with van der Waals surface area (Å²) in [4.78, 5) is 5.71. The molecule has 0 aliphatic carbocycles. The lowest BCUT2D eigenvalue weighted by atomic mass is 10.2. The van der Waals surface area contributed by atoms with Crippen LogP contribution in [0.5, 0.6) is 0 Å². The van der Waals surface area contributed by atoms with E-state index in [1.807, 2.05) is 6.07 Å². The van der Waals surface area contributed by atoms with E-state index in [9.17, 15) is 0 Å². The summed E-state index contributed by atoms with van der Waals surface area (Å²) in [5, 5.41) is 10.5. The van der Waals surface area contributed by atoms with E-state index in [0.717, 1.165) is 24.2 Å². The van der Waals surface area contributed by atoms with Gasteiger partial charge in [-0.05, 0) is 24.3 Å². The van der Waals surface area contributed by atoms with Gasteiger partial charge in [0, 0.05) is 11.9 Å². The summed E-state index contributed by atoms with van der Waals surface area (Å²) in [5.41, 5.74) is 3.24. The average Bonchev–Trinajstić information content (AvgIpc) is 3.05. The van der Waals surface area contributed by atoms with E-state index in [1.54, 1.807) is 11.3 Å². The molecular formula is C13H14N4S. The number of imidazole rings is 1. The minimum Gasteiger partial charge on any atom is -0.284 e. The maximum absolute atomic E-state index is 4.54. The van der Waals surface area contributed by atoms with Crippen LogP contribution in [0.25, 0.3) is 16.3 Å². The second-order valence-electron chi connectivity index (χ2n) is 4.07. The minimum absolute atomic E-state index is 0.687. The van der Waals surface area contributed by atoms with Crippen LogP contribution in [0.15, 0.2) is 23.7 Å². The zero-order chi connectivity index (χ0) is 12.5. The van der Waals surface area contributed by atoms with E-state index in [1.165, 1.54) is 10.6 Å². The molecule has 0 fully saturated rings. The highest BCUT2D eigenvalue weighted by molar-refractivity contribution is 7.13. The summed E-state index contributed by atoms with van der Waals surface area (Å²) in [5.74, 6) is 0.687. The second kappa shape index (κ2) is 4.49. The Morgan fingerprint density at radius 3 is 2.78 bits per heavy atom. The van der Waals surface area contributed by atoms with Crippen LogP contribution in [0.3, 0.4) is 0 Å². The Morgan fingerprint density at radius 2 is 2.11 bits per heavy atom. The smallest absolute Gasteiger partial charge is 0.254 e. The summed E-state index contributed by atoms with van der Waals surface area (Å²) >= 11 is 1.69. The fourth-order valence-corrected chi connectivity index (χ4v) is 2.81. The normalized spacial score (nSPS) is 11.2. The molecule has 0 unspecified atom stereocenters. The first-order valence-electron chi connectivity index (χ1n) is 6.11. The molecule has 4 nitrogen and oxygen atoms in total. The molecule has 3 rings (SSSR count). The van der Waals surface area contributed by atoms with Crippen molar-refractivity contribution in [3.8, 4) is 10.6 Å². The van der Waals surface area contributed by atoms with Gasteiger partial charge in [-0.2, -0.15) is 5.10 Å². The first kappa shape index (κ1) is 11.3. The first-order valence-corrected chi connectivity index (χ1v) is 6.98. The van der Waals surface area contributed by atoms with Gasteiger partial charge in [-0.25, -0.2) is 4.98 Å². The van der Waals surface area contributed by atoms with Crippen molar-refractivity contribution in [3.63, 3.8) is 0 Å². The van der Waals surface area contributed by atoms with Crippen molar-refractivity contribution in [3.05, 3.63) is 35.1 Å². The third-order valence-corrected chi connectivity index (χ3v) is 3.91. The number of hydrogen-bond acceptors (Lipinski definition) is 4. The fourth-order valence-electron chi connectivity index (χ4n) is 2.13. The molecule has 0 saturated heterocycles. The summed E-state index contributed by atoms with van der Waals surface area (Å²) in [6.07, 6.45) is 3.90. The van der Waals surface area contributed by atoms with Gasteiger partial charge in [0.1, 0.15) is 5.69 Å². The van der Waals surface area contributed by atoms with Gasteiger partial charge >= 0.3 is 0 Å². The number of aryl methyl sites for hydroxylation is 2. The molecule has 0 saturated carbocycles. The predicted octanol–water partition coefficient (Wildman–Crippen LogP) is 2.98. The third-order valence-electron chi connectivity index (χ3n) is 3.01. The van der Waals surface area contributed by atoms with E-state index in [0.29, 0.717) is 5.78 Å². The standard InChI is InChI=1S/C13H14N4S/c1-3-9-11(4-2)17-8-10(12-6-5-7-18-12)14-13(17)16-15-9/h5-8H,3-4H2,1-2H3. The minimum atomic E-state index is 0.687. The van der Waals surface area contributed by atoms with Gasteiger partial charge in [-0.3, -0.25) is 4.40 Å². The number of hydrogen-bond donors (Lipinski definition) is 0. The van der Waals surface area contributed by atoms with Gasteiger partial charge in [0.2, 0.25) is 0 Å². The lowest BCUT2D eigenvalue weighted by Crippen LogP contribution is -2.05. The highest BCUT2D eigenvalue weighted by Crippen LogP contribution is 2.24. The van der Waals surface area contributed by atoms with E-state index in [4.69, 9.17) is 0 Å². The quantitative estimate of drug-likeness (QED) is 0.725. The highest BCUT2D eigenvalue weighted by Gasteiger charge is 2.12. The van der Waals surface area contributed by atoms with E-state index in [2.05, 4.69) is 51.1 Å². The molecule has 0 atom stereocenters. The number of nitrogens with zero attached hydrogens (tertiary/aromatic N) is 4. The van der Waals surface area contributed by atoms with Crippen LogP contribution in [-0.2, 0) is 12.8 Å². The van der Waals surface area contributed by atoms with Gasteiger partial charge < -0.3 is 0 Å². The number of thiophene rings is 1. The maximum Gasteiger partial charge on any atom is 0.254 e. The van der Waals surface area contributed by atoms with Crippen molar-refractivity contribution in [2.24, 2.45) is 0 Å². The fraction of sp³-hybridized carbons (Fsp3) is 0.308. The molecule has 0 aliphatic rings. The summed E-state index contributed by atoms with van der Waals surface area (Å²) < 4.78 is 2.07. The van der Waals surface area contributed by atoms with Crippen LogP contribution in [0.4, 0.5) is 0 Å². The zero-order valence-electron chi connectivity index (χ0n) is 10.4. The zero-order valence-corrected chi connectivity index (χ0v) is 11.2. The Hall–Kier alpha value is -1.75. The van der Waals surface area contributed by atoms with Crippen molar-refractivity contribution in [2.75, 3.05) is 0 Å². The molecular weight excluding hydrogens is 244 g/mol. The molecule has 0 aromatic carbocycles. The van der Waals surface area contributed by atoms with Crippen LogP contribution < -0.4 is 0 Å². The molecule has 92 valence electrons. The van der Waals surface area contributed by atoms with Crippen LogP contribution in [0, 0.1) is 0 Å². The van der Waals surface area contributed by atoms with Crippen LogP contribution in [0.2, 0.25) is 0 Å². The monoisotopic (exact) mass is 258 g/mol.